The van der Waals surface area contributed by atoms with Gasteiger partial charge in [-0.15, -0.1) is 0 Å². The van der Waals surface area contributed by atoms with Crippen molar-refractivity contribution in [2.75, 3.05) is 12.4 Å². The van der Waals surface area contributed by atoms with Gasteiger partial charge in [-0.2, -0.15) is 0 Å². The molecule has 0 saturated carbocycles. The standard InChI is InChI=1S/C15H16N2O3/c1-20-14-4-2-3-13(9-14)16-10-11-5-7-12(8-6-11)15(18)17-19/h2-9,16,19H,10H2,1H3,(H,17,18). The minimum absolute atomic E-state index is 0.414. The zero-order valence-electron chi connectivity index (χ0n) is 11.1. The second kappa shape index (κ2) is 6.58. The maximum atomic E-state index is 11.2. The van der Waals surface area contributed by atoms with Crippen LogP contribution in [0.25, 0.3) is 0 Å². The highest BCUT2D eigenvalue weighted by molar-refractivity contribution is 5.93. The van der Waals surface area contributed by atoms with Crippen molar-refractivity contribution >= 4 is 11.6 Å². The molecular weight excluding hydrogens is 256 g/mol. The van der Waals surface area contributed by atoms with E-state index in [9.17, 15) is 4.79 Å². The number of ether oxygens (including phenoxy) is 1. The summed E-state index contributed by atoms with van der Waals surface area (Å²) in [6, 6.07) is 14.6. The minimum atomic E-state index is -0.516. The number of hydrogen-bond donors (Lipinski definition) is 3. The van der Waals surface area contributed by atoms with Crippen LogP contribution in [0.3, 0.4) is 0 Å². The van der Waals surface area contributed by atoms with Gasteiger partial charge < -0.3 is 10.1 Å². The van der Waals surface area contributed by atoms with Crippen molar-refractivity contribution in [1.29, 1.82) is 0 Å². The van der Waals surface area contributed by atoms with Crippen LogP contribution in [-0.2, 0) is 6.54 Å². The molecule has 1 amide bonds. The molecule has 0 spiro atoms. The second-order valence-corrected chi connectivity index (χ2v) is 4.22. The van der Waals surface area contributed by atoms with E-state index in [0.29, 0.717) is 12.1 Å². The van der Waals surface area contributed by atoms with Crippen molar-refractivity contribution < 1.29 is 14.7 Å². The Balaban J connectivity index is 1.98. The van der Waals surface area contributed by atoms with Crippen molar-refractivity contribution in [1.82, 2.24) is 5.48 Å². The van der Waals surface area contributed by atoms with Gasteiger partial charge in [0.05, 0.1) is 7.11 Å². The largest absolute Gasteiger partial charge is 0.497 e. The number of carbonyl (C=O) groups excluding carboxylic acids is 1. The number of methoxy groups -OCH3 is 1. The first-order valence-corrected chi connectivity index (χ1v) is 6.14. The number of hydroxylamine groups is 1. The Labute approximate surface area is 117 Å². The fourth-order valence-corrected chi connectivity index (χ4v) is 1.78. The molecule has 5 nitrogen and oxygen atoms in total. The predicted molar refractivity (Wildman–Crippen MR) is 76.0 cm³/mol. The lowest BCUT2D eigenvalue weighted by Gasteiger charge is -2.08. The van der Waals surface area contributed by atoms with E-state index in [0.717, 1.165) is 17.0 Å². The van der Waals surface area contributed by atoms with Crippen molar-refractivity contribution in [3.8, 4) is 5.75 Å². The predicted octanol–water partition coefficient (Wildman–Crippen LogP) is 2.43. The van der Waals surface area contributed by atoms with Gasteiger partial charge in [-0.3, -0.25) is 10.0 Å². The maximum Gasteiger partial charge on any atom is 0.274 e. The zero-order valence-corrected chi connectivity index (χ0v) is 11.1. The molecule has 0 aliphatic heterocycles. The second-order valence-electron chi connectivity index (χ2n) is 4.22. The summed E-state index contributed by atoms with van der Waals surface area (Å²) < 4.78 is 5.15. The molecule has 0 aliphatic carbocycles. The summed E-state index contributed by atoms with van der Waals surface area (Å²) in [5.41, 5.74) is 4.01. The first kappa shape index (κ1) is 13.9. The van der Waals surface area contributed by atoms with Crippen LogP contribution >= 0.6 is 0 Å². The van der Waals surface area contributed by atoms with E-state index in [2.05, 4.69) is 5.32 Å². The molecule has 5 heteroatoms. The first-order valence-electron chi connectivity index (χ1n) is 6.14. The Morgan fingerprint density at radius 3 is 2.60 bits per heavy atom. The molecule has 2 rings (SSSR count). The number of benzene rings is 2. The summed E-state index contributed by atoms with van der Waals surface area (Å²) in [7, 11) is 1.63. The van der Waals surface area contributed by atoms with Crippen LogP contribution in [0.2, 0.25) is 0 Å². The van der Waals surface area contributed by atoms with Crippen LogP contribution in [0.4, 0.5) is 5.69 Å². The minimum Gasteiger partial charge on any atom is -0.497 e. The highest BCUT2D eigenvalue weighted by Crippen LogP contribution is 2.17. The van der Waals surface area contributed by atoms with Crippen LogP contribution in [0, 0.1) is 0 Å². The van der Waals surface area contributed by atoms with Gasteiger partial charge in [0.25, 0.3) is 5.91 Å². The SMILES string of the molecule is COc1cccc(NCc2ccc(C(=O)NO)cc2)c1. The molecule has 3 N–H and O–H groups in total. The molecule has 0 fully saturated rings. The Bertz CT molecular complexity index is 582. The Morgan fingerprint density at radius 1 is 1.20 bits per heavy atom. The number of hydrogen-bond acceptors (Lipinski definition) is 4. The topological polar surface area (TPSA) is 70.6 Å². The molecule has 0 radical (unpaired) electrons. The Morgan fingerprint density at radius 2 is 1.95 bits per heavy atom. The molecule has 2 aromatic carbocycles. The molecule has 0 aliphatic rings. The van der Waals surface area contributed by atoms with Gasteiger partial charge in [-0.25, -0.2) is 5.48 Å². The van der Waals surface area contributed by atoms with Crippen LogP contribution in [0.5, 0.6) is 5.75 Å². The highest BCUT2D eigenvalue weighted by atomic mass is 16.5. The van der Waals surface area contributed by atoms with Crippen LogP contribution in [0.15, 0.2) is 48.5 Å². The monoisotopic (exact) mass is 272 g/mol. The fraction of sp³-hybridized carbons (Fsp3) is 0.133. The number of carbonyl (C=O) groups is 1. The van der Waals surface area contributed by atoms with E-state index in [1.54, 1.807) is 24.7 Å². The highest BCUT2D eigenvalue weighted by Gasteiger charge is 2.03. The molecule has 0 atom stereocenters. The summed E-state index contributed by atoms with van der Waals surface area (Å²) in [4.78, 5) is 11.2. The molecule has 20 heavy (non-hydrogen) atoms. The number of anilines is 1. The molecule has 0 heterocycles. The van der Waals surface area contributed by atoms with Crippen molar-refractivity contribution in [2.24, 2.45) is 0 Å². The van der Waals surface area contributed by atoms with E-state index < -0.39 is 5.91 Å². The van der Waals surface area contributed by atoms with E-state index in [1.165, 1.54) is 0 Å². The third-order valence-corrected chi connectivity index (χ3v) is 2.88. The lowest BCUT2D eigenvalue weighted by Crippen LogP contribution is -2.18. The average molecular weight is 272 g/mol. The average Bonchev–Trinajstić information content (AvgIpc) is 2.53. The van der Waals surface area contributed by atoms with Crippen molar-refractivity contribution in [2.45, 2.75) is 6.54 Å². The summed E-state index contributed by atoms with van der Waals surface area (Å²) in [6.45, 7) is 0.633. The maximum absolute atomic E-state index is 11.2. The normalized spacial score (nSPS) is 9.90. The van der Waals surface area contributed by atoms with Gasteiger partial charge in [0.2, 0.25) is 0 Å². The van der Waals surface area contributed by atoms with Crippen molar-refractivity contribution in [3.05, 3.63) is 59.7 Å². The van der Waals surface area contributed by atoms with Gasteiger partial charge in [0.15, 0.2) is 0 Å². The smallest absolute Gasteiger partial charge is 0.274 e. The fourth-order valence-electron chi connectivity index (χ4n) is 1.78. The Hall–Kier alpha value is -2.53. The molecule has 104 valence electrons. The first-order chi connectivity index (χ1) is 9.72. The van der Waals surface area contributed by atoms with Gasteiger partial charge in [0.1, 0.15) is 5.75 Å². The lowest BCUT2D eigenvalue weighted by molar-refractivity contribution is 0.0706. The number of rotatable bonds is 5. The quantitative estimate of drug-likeness (QED) is 0.577. The third kappa shape index (κ3) is 3.49. The molecule has 0 aromatic heterocycles. The van der Waals surface area contributed by atoms with E-state index in [1.807, 2.05) is 36.4 Å². The number of amides is 1. The van der Waals surface area contributed by atoms with Gasteiger partial charge >= 0.3 is 0 Å². The summed E-state index contributed by atoms with van der Waals surface area (Å²) in [5.74, 6) is 0.280. The molecule has 0 bridgehead atoms. The number of nitrogens with one attached hydrogen (secondary N) is 2. The lowest BCUT2D eigenvalue weighted by atomic mass is 10.1. The van der Waals surface area contributed by atoms with Crippen molar-refractivity contribution in [3.63, 3.8) is 0 Å². The summed E-state index contributed by atoms with van der Waals surface area (Å²) in [6.07, 6.45) is 0. The van der Waals surface area contributed by atoms with Gasteiger partial charge in [0, 0.05) is 23.9 Å². The summed E-state index contributed by atoms with van der Waals surface area (Å²) in [5, 5.41) is 11.8. The van der Waals surface area contributed by atoms with E-state index in [-0.39, 0.29) is 0 Å². The third-order valence-electron chi connectivity index (χ3n) is 2.88. The summed E-state index contributed by atoms with van der Waals surface area (Å²) >= 11 is 0. The van der Waals surface area contributed by atoms with Crippen LogP contribution < -0.4 is 15.5 Å². The molecule has 0 unspecified atom stereocenters. The Kier molecular flexibility index (Phi) is 4.57. The molecule has 0 saturated heterocycles. The van der Waals surface area contributed by atoms with Crippen LogP contribution in [-0.4, -0.2) is 18.2 Å². The van der Waals surface area contributed by atoms with E-state index in [4.69, 9.17) is 9.94 Å². The van der Waals surface area contributed by atoms with Gasteiger partial charge in [-0.05, 0) is 29.8 Å². The molecular formula is C15H16N2O3. The molecule has 2 aromatic rings. The van der Waals surface area contributed by atoms with E-state index >= 15 is 0 Å². The zero-order chi connectivity index (χ0) is 14.4. The van der Waals surface area contributed by atoms with Crippen LogP contribution in [0.1, 0.15) is 15.9 Å². The van der Waals surface area contributed by atoms with Gasteiger partial charge in [-0.1, -0.05) is 18.2 Å².